The van der Waals surface area contributed by atoms with Crippen LogP contribution in [0.3, 0.4) is 0 Å². The first kappa shape index (κ1) is 15.4. The van der Waals surface area contributed by atoms with Crippen molar-refractivity contribution in [2.45, 2.75) is 57.9 Å². The van der Waals surface area contributed by atoms with Crippen LogP contribution >= 0.6 is 0 Å². The third-order valence-electron chi connectivity index (χ3n) is 4.91. The van der Waals surface area contributed by atoms with E-state index in [1.165, 1.54) is 6.07 Å². The minimum absolute atomic E-state index is 0.0229. The number of hydrogen-bond acceptors (Lipinski definition) is 1. The predicted molar refractivity (Wildman–Crippen MR) is 80.8 cm³/mol. The number of aromatic nitrogens is 2. The number of halogens is 3. The summed E-state index contributed by atoms with van der Waals surface area (Å²) in [6.45, 7) is 7.51. The van der Waals surface area contributed by atoms with Gasteiger partial charge in [0.05, 0.1) is 5.52 Å². The topological polar surface area (TPSA) is 17.8 Å². The second kappa shape index (κ2) is 4.74. The first-order chi connectivity index (χ1) is 10.2. The van der Waals surface area contributed by atoms with Crippen LogP contribution in [0.5, 0.6) is 0 Å². The number of fused-ring (bicyclic) bond motifs is 1. The third-order valence-corrected chi connectivity index (χ3v) is 4.91. The second-order valence-corrected chi connectivity index (χ2v) is 7.08. The molecule has 0 saturated heterocycles. The van der Waals surface area contributed by atoms with Gasteiger partial charge in [0.15, 0.2) is 5.82 Å². The lowest BCUT2D eigenvalue weighted by Crippen LogP contribution is -2.50. The van der Waals surface area contributed by atoms with Crippen molar-refractivity contribution in [1.82, 2.24) is 9.55 Å². The molecule has 0 N–H and O–H groups in total. The second-order valence-electron chi connectivity index (χ2n) is 7.08. The fourth-order valence-electron chi connectivity index (χ4n) is 3.61. The van der Waals surface area contributed by atoms with Crippen LogP contribution in [-0.2, 0) is 5.41 Å². The average Bonchev–Trinajstić information content (AvgIpc) is 2.79. The molecular formula is C17H21F3N2. The SMILES string of the molecule is CC(C)n1c(C(C)(C)C2CCC2(F)F)nc2c(F)cccc21. The Bertz CT molecular complexity index is 716. The van der Waals surface area contributed by atoms with Gasteiger partial charge >= 0.3 is 0 Å². The summed E-state index contributed by atoms with van der Waals surface area (Å²) in [5.41, 5.74) is 0.125. The van der Waals surface area contributed by atoms with E-state index in [2.05, 4.69) is 4.98 Å². The largest absolute Gasteiger partial charge is 0.325 e. The summed E-state index contributed by atoms with van der Waals surface area (Å²) in [5.74, 6) is -3.28. The molecule has 22 heavy (non-hydrogen) atoms. The minimum Gasteiger partial charge on any atom is -0.325 e. The highest BCUT2D eigenvalue weighted by molar-refractivity contribution is 5.77. The highest BCUT2D eigenvalue weighted by Gasteiger charge is 2.57. The molecule has 120 valence electrons. The average molecular weight is 310 g/mol. The van der Waals surface area contributed by atoms with Gasteiger partial charge in [0, 0.05) is 23.8 Å². The lowest BCUT2D eigenvalue weighted by molar-refractivity contribution is -0.158. The highest BCUT2D eigenvalue weighted by Crippen LogP contribution is 2.53. The van der Waals surface area contributed by atoms with Gasteiger partial charge in [0.25, 0.3) is 5.92 Å². The van der Waals surface area contributed by atoms with Crippen molar-refractivity contribution in [2.24, 2.45) is 5.92 Å². The van der Waals surface area contributed by atoms with Crippen LogP contribution in [-0.4, -0.2) is 15.5 Å². The van der Waals surface area contributed by atoms with Crippen LogP contribution in [0.4, 0.5) is 13.2 Å². The Kier molecular flexibility index (Phi) is 3.31. The van der Waals surface area contributed by atoms with Gasteiger partial charge in [0.1, 0.15) is 11.3 Å². The van der Waals surface area contributed by atoms with Gasteiger partial charge in [-0.05, 0) is 32.4 Å². The smallest absolute Gasteiger partial charge is 0.251 e. The zero-order chi connectivity index (χ0) is 16.3. The molecule has 2 nitrogen and oxygen atoms in total. The molecule has 1 atom stereocenters. The van der Waals surface area contributed by atoms with Crippen molar-refractivity contribution < 1.29 is 13.2 Å². The maximum Gasteiger partial charge on any atom is 0.251 e. The summed E-state index contributed by atoms with van der Waals surface area (Å²) in [6, 6.07) is 4.81. The number of nitrogens with zero attached hydrogens (tertiary/aromatic N) is 2. The van der Waals surface area contributed by atoms with E-state index >= 15 is 0 Å². The molecule has 2 aromatic rings. The standard InChI is InChI=1S/C17H21F3N2/c1-10(2)22-12-7-5-6-11(18)14(12)21-15(22)16(3,4)13-8-9-17(13,19)20/h5-7,10,13H,8-9H2,1-4H3. The molecule has 5 heteroatoms. The first-order valence-electron chi connectivity index (χ1n) is 7.71. The molecule has 1 aliphatic carbocycles. The number of imidazole rings is 1. The molecule has 1 aromatic heterocycles. The Morgan fingerprint density at radius 3 is 2.50 bits per heavy atom. The molecule has 0 spiro atoms. The molecule has 3 rings (SSSR count). The number of rotatable bonds is 3. The quantitative estimate of drug-likeness (QED) is 0.773. The maximum atomic E-state index is 14.1. The van der Waals surface area contributed by atoms with Crippen LogP contribution in [0, 0.1) is 11.7 Å². The number of para-hydroxylation sites is 1. The highest BCUT2D eigenvalue weighted by atomic mass is 19.3. The molecule has 0 aliphatic heterocycles. The molecule has 1 fully saturated rings. The summed E-state index contributed by atoms with van der Waals surface area (Å²) in [4.78, 5) is 4.43. The Morgan fingerprint density at radius 2 is 2.00 bits per heavy atom. The number of benzene rings is 1. The maximum absolute atomic E-state index is 14.1. The van der Waals surface area contributed by atoms with Gasteiger partial charge in [-0.15, -0.1) is 0 Å². The zero-order valence-electron chi connectivity index (χ0n) is 13.3. The fourth-order valence-corrected chi connectivity index (χ4v) is 3.61. The van der Waals surface area contributed by atoms with Crippen LogP contribution in [0.15, 0.2) is 18.2 Å². The van der Waals surface area contributed by atoms with E-state index in [4.69, 9.17) is 0 Å². The van der Waals surface area contributed by atoms with E-state index in [9.17, 15) is 13.2 Å². The Hall–Kier alpha value is -1.52. The van der Waals surface area contributed by atoms with E-state index in [-0.39, 0.29) is 18.0 Å². The van der Waals surface area contributed by atoms with Gasteiger partial charge in [-0.2, -0.15) is 0 Å². The molecule has 0 bridgehead atoms. The van der Waals surface area contributed by atoms with Crippen LogP contribution < -0.4 is 0 Å². The van der Waals surface area contributed by atoms with E-state index in [0.29, 0.717) is 17.8 Å². The Balaban J connectivity index is 2.22. The van der Waals surface area contributed by atoms with E-state index in [0.717, 1.165) is 0 Å². The van der Waals surface area contributed by atoms with Gasteiger partial charge in [0.2, 0.25) is 0 Å². The third kappa shape index (κ3) is 2.05. The van der Waals surface area contributed by atoms with Crippen molar-refractivity contribution in [1.29, 1.82) is 0 Å². The molecular weight excluding hydrogens is 289 g/mol. The summed E-state index contributed by atoms with van der Waals surface area (Å²) < 4.78 is 43.8. The van der Waals surface area contributed by atoms with E-state index in [1.54, 1.807) is 26.0 Å². The summed E-state index contributed by atoms with van der Waals surface area (Å²) >= 11 is 0. The Morgan fingerprint density at radius 1 is 1.32 bits per heavy atom. The van der Waals surface area contributed by atoms with Gasteiger partial charge < -0.3 is 4.57 Å². The summed E-state index contributed by atoms with van der Waals surface area (Å²) in [6.07, 6.45) is 0.404. The summed E-state index contributed by atoms with van der Waals surface area (Å²) in [7, 11) is 0. The predicted octanol–water partition coefficient (Wildman–Crippen LogP) is 5.08. The summed E-state index contributed by atoms with van der Waals surface area (Å²) in [5, 5.41) is 0. The van der Waals surface area contributed by atoms with Gasteiger partial charge in [-0.3, -0.25) is 0 Å². The zero-order valence-corrected chi connectivity index (χ0v) is 13.3. The molecule has 1 saturated carbocycles. The fraction of sp³-hybridized carbons (Fsp3) is 0.588. The van der Waals surface area contributed by atoms with Crippen LogP contribution in [0.25, 0.3) is 11.0 Å². The van der Waals surface area contributed by atoms with Crippen molar-refractivity contribution >= 4 is 11.0 Å². The molecule has 1 aromatic carbocycles. The van der Waals surface area contributed by atoms with Crippen LogP contribution in [0.1, 0.15) is 52.4 Å². The number of alkyl halides is 2. The van der Waals surface area contributed by atoms with Crippen LogP contribution in [0.2, 0.25) is 0 Å². The molecule has 0 amide bonds. The van der Waals surface area contributed by atoms with Crippen molar-refractivity contribution in [2.75, 3.05) is 0 Å². The Labute approximate surface area is 128 Å². The van der Waals surface area contributed by atoms with Gasteiger partial charge in [-0.1, -0.05) is 19.9 Å². The lowest BCUT2D eigenvalue weighted by atomic mass is 9.64. The monoisotopic (exact) mass is 310 g/mol. The minimum atomic E-state index is -2.66. The first-order valence-corrected chi connectivity index (χ1v) is 7.71. The van der Waals surface area contributed by atoms with E-state index in [1.807, 2.05) is 18.4 Å². The van der Waals surface area contributed by atoms with Gasteiger partial charge in [-0.25, -0.2) is 18.2 Å². The molecule has 1 heterocycles. The van der Waals surface area contributed by atoms with Crippen molar-refractivity contribution in [3.63, 3.8) is 0 Å². The molecule has 1 unspecified atom stereocenters. The van der Waals surface area contributed by atoms with Crippen molar-refractivity contribution in [3.8, 4) is 0 Å². The normalized spacial score (nSPS) is 21.4. The molecule has 0 radical (unpaired) electrons. The van der Waals surface area contributed by atoms with Crippen molar-refractivity contribution in [3.05, 3.63) is 29.8 Å². The molecule has 1 aliphatic rings. The van der Waals surface area contributed by atoms with E-state index < -0.39 is 23.1 Å². The number of hydrogen-bond donors (Lipinski definition) is 0. The lowest BCUT2D eigenvalue weighted by Gasteiger charge is -2.46.